The molecule has 307 valence electrons. The van der Waals surface area contributed by atoms with E-state index in [-0.39, 0.29) is 7.25 Å². The summed E-state index contributed by atoms with van der Waals surface area (Å²) in [6.45, 7) is 5.10. The van der Waals surface area contributed by atoms with Gasteiger partial charge in [0.15, 0.2) is 0 Å². The summed E-state index contributed by atoms with van der Waals surface area (Å²) in [7, 11) is 18.4. The summed E-state index contributed by atoms with van der Waals surface area (Å²) in [5, 5.41) is 5.15. The number of benzene rings is 6. The molecule has 0 amide bonds. The molecule has 4 heteroatoms. The Morgan fingerprint density at radius 1 is 0.467 bits per heavy atom. The molecule has 2 atom stereocenters. The Labute approximate surface area is 368 Å². The van der Waals surface area contributed by atoms with Gasteiger partial charge in [-0.05, 0) is 0 Å². The van der Waals surface area contributed by atoms with E-state index in [2.05, 4.69) is 147 Å². The second kappa shape index (κ2) is 16.9. The van der Waals surface area contributed by atoms with E-state index in [1.165, 1.54) is 143 Å². The van der Waals surface area contributed by atoms with Crippen LogP contribution in [0.5, 0.6) is 0 Å². The monoisotopic (exact) mass is 921 g/mol. The Kier molecular flexibility index (Phi) is 11.6. The molecule has 60 heavy (non-hydrogen) atoms. The first-order valence-corrected chi connectivity index (χ1v) is 39.8. The van der Waals surface area contributed by atoms with Gasteiger partial charge in [0.05, 0.1) is 0 Å². The van der Waals surface area contributed by atoms with Gasteiger partial charge in [-0.1, -0.05) is 0 Å². The van der Waals surface area contributed by atoms with Crippen molar-refractivity contribution < 1.29 is 15.6 Å². The molecule has 4 aliphatic rings. The van der Waals surface area contributed by atoms with Gasteiger partial charge in [0.1, 0.15) is 0 Å². The van der Waals surface area contributed by atoms with Crippen LogP contribution in [0.4, 0.5) is 0 Å². The molecule has 0 N–H and O–H groups in total. The van der Waals surface area contributed by atoms with Gasteiger partial charge in [-0.2, -0.15) is 0 Å². The van der Waals surface area contributed by atoms with Crippen molar-refractivity contribution in [3.63, 3.8) is 0 Å². The van der Waals surface area contributed by atoms with E-state index in [9.17, 15) is 17.0 Å². The number of allylic oxidation sites excluding steroid dienone is 2. The Morgan fingerprint density at radius 3 is 1.27 bits per heavy atom. The Hall–Kier alpha value is -3.00. The summed E-state index contributed by atoms with van der Waals surface area (Å²) in [5.74, 6) is -0.350. The molecule has 6 aromatic rings. The second-order valence-electron chi connectivity index (χ2n) is 19.5. The predicted octanol–water partition coefficient (Wildman–Crippen LogP) is 17.6. The molecule has 2 fully saturated rings. The van der Waals surface area contributed by atoms with Crippen molar-refractivity contribution in [2.24, 2.45) is 11.8 Å². The molecule has 6 aromatic carbocycles. The summed E-state index contributed by atoms with van der Waals surface area (Å²) in [6, 6.07) is 45.9. The van der Waals surface area contributed by atoms with Crippen LogP contribution in [0.1, 0.15) is 119 Å². The van der Waals surface area contributed by atoms with Gasteiger partial charge in [-0.25, -0.2) is 0 Å². The second-order valence-corrected chi connectivity index (χ2v) is 62.1. The molecule has 0 radical (unpaired) electrons. The van der Waals surface area contributed by atoms with Gasteiger partial charge in [0.25, 0.3) is 0 Å². The molecule has 0 heterocycles. The molecule has 2 saturated carbocycles. The molecule has 4 aliphatic carbocycles. The van der Waals surface area contributed by atoms with Gasteiger partial charge in [-0.3, -0.25) is 0 Å². The third-order valence-electron chi connectivity index (χ3n) is 15.6. The summed E-state index contributed by atoms with van der Waals surface area (Å²) in [4.78, 5) is 0. The first-order valence-electron chi connectivity index (χ1n) is 23.5. The molecular weight excluding hydrogens is 863 g/mol. The molecule has 10 rings (SSSR count). The van der Waals surface area contributed by atoms with Crippen LogP contribution in [-0.2, 0) is 15.6 Å². The van der Waals surface area contributed by atoms with E-state index in [0.717, 1.165) is 12.8 Å². The van der Waals surface area contributed by atoms with Crippen molar-refractivity contribution in [3.05, 3.63) is 155 Å². The van der Waals surface area contributed by atoms with Crippen LogP contribution in [0.2, 0.25) is 13.1 Å². The van der Waals surface area contributed by atoms with E-state index in [1.54, 1.807) is 11.1 Å². The summed E-state index contributed by atoms with van der Waals surface area (Å²) in [5.41, 5.74) is 14.0. The Morgan fingerprint density at radius 2 is 0.867 bits per heavy atom. The molecule has 2 unspecified atom stereocenters. The van der Waals surface area contributed by atoms with Gasteiger partial charge < -0.3 is 0 Å². The van der Waals surface area contributed by atoms with Crippen molar-refractivity contribution in [2.75, 3.05) is 0 Å². The fraction of sp³-hybridized carbons (Fsp3) is 0.357. The van der Waals surface area contributed by atoms with Crippen LogP contribution in [0.25, 0.3) is 56.0 Å². The van der Waals surface area contributed by atoms with E-state index in [1.807, 2.05) is 0 Å². The van der Waals surface area contributed by atoms with Gasteiger partial charge in [0, 0.05) is 0 Å². The maximum atomic E-state index is 9.20. The van der Waals surface area contributed by atoms with Crippen molar-refractivity contribution in [1.82, 2.24) is 0 Å². The van der Waals surface area contributed by atoms with Crippen molar-refractivity contribution in [1.29, 1.82) is 0 Å². The Bertz CT molecular complexity index is 2440. The van der Waals surface area contributed by atoms with Crippen LogP contribution in [0.15, 0.2) is 132 Å². The third-order valence-corrected chi connectivity index (χ3v) is 67.5. The zero-order valence-corrected chi connectivity index (χ0v) is 40.9. The van der Waals surface area contributed by atoms with Crippen molar-refractivity contribution >= 4 is 56.6 Å². The van der Waals surface area contributed by atoms with Crippen LogP contribution in [0.3, 0.4) is 0 Å². The van der Waals surface area contributed by atoms with Crippen molar-refractivity contribution in [2.45, 2.75) is 110 Å². The van der Waals surface area contributed by atoms with Crippen LogP contribution in [0, 0.1) is 11.8 Å². The molecule has 0 nitrogen and oxygen atoms in total. The van der Waals surface area contributed by atoms with E-state index in [4.69, 9.17) is 0 Å². The average Bonchev–Trinajstić information content (AvgIpc) is 3.57. The van der Waals surface area contributed by atoms with E-state index >= 15 is 0 Å². The minimum atomic E-state index is -5.06. The quantitative estimate of drug-likeness (QED) is 0.100. The summed E-state index contributed by atoms with van der Waals surface area (Å²) >= 11 is -5.06. The fourth-order valence-corrected chi connectivity index (χ4v) is 43.8. The van der Waals surface area contributed by atoms with Crippen molar-refractivity contribution in [3.8, 4) is 22.3 Å². The number of rotatable bonds is 9. The molecule has 0 aromatic heterocycles. The van der Waals surface area contributed by atoms with Crippen LogP contribution in [-0.4, -0.2) is 5.92 Å². The zero-order valence-electron chi connectivity index (χ0n) is 35.7. The number of hydrogen-bond acceptors (Lipinski definition) is 0. The van der Waals surface area contributed by atoms with Gasteiger partial charge >= 0.3 is 371 Å². The van der Waals surface area contributed by atoms with E-state index in [0.29, 0.717) is 11.8 Å². The minimum absolute atomic E-state index is 0.109. The van der Waals surface area contributed by atoms with Gasteiger partial charge in [-0.15, -0.1) is 0 Å². The number of halogens is 2. The fourth-order valence-electron chi connectivity index (χ4n) is 12.4. The SMILES string of the molecule is C[SiH](C)[Zr]([Cl])([Cl])([CH]1C(CC2CCCCCC2)=Cc2c(-c3ccc4ccccc4c3)cccc21)[CH]1C(CC2CCCCCC2)=Cc2c(-c3ccc4ccccc4c3)cccc21. The molecule has 0 saturated heterocycles. The summed E-state index contributed by atoms with van der Waals surface area (Å²) in [6.07, 6.45) is 23.7. The standard InChI is InChI=1S/2C27H27.C2H7Si.2ClH.Zr/c2*1-2-4-9-20(8-3-1)16-21-17-24-12-7-13-26(27(24)18-21)25-15-14-22-10-5-6-11-23(22)19-25;1-3-2;;;/h2*5-7,10-15,17-20H,1-4,8-9,16H2;3H,1-2H3;2*1H;/q;;;;;+2/p-2. The van der Waals surface area contributed by atoms with Gasteiger partial charge in [0.2, 0.25) is 0 Å². The maximum absolute atomic E-state index is 9.20. The molecule has 0 aliphatic heterocycles. The van der Waals surface area contributed by atoms with Crippen LogP contribution < -0.4 is 0 Å². The topological polar surface area (TPSA) is 0 Å². The summed E-state index contributed by atoms with van der Waals surface area (Å²) < 4.78 is 0.218. The first-order chi connectivity index (χ1) is 29.3. The average molecular weight is 924 g/mol. The molecular formula is C56H61Cl2SiZr. The predicted molar refractivity (Wildman–Crippen MR) is 262 cm³/mol. The Balaban J connectivity index is 1.17. The van der Waals surface area contributed by atoms with Crippen LogP contribution >= 0.6 is 17.0 Å². The number of hydrogen-bond donors (Lipinski definition) is 0. The molecule has 0 bridgehead atoms. The first kappa shape index (κ1) is 41.0. The third kappa shape index (κ3) is 7.42. The molecule has 0 spiro atoms. The van der Waals surface area contributed by atoms with E-state index < -0.39 is 21.5 Å². The normalized spacial score (nSPS) is 20.9. The number of fused-ring (bicyclic) bond motifs is 4. The zero-order chi connectivity index (χ0) is 40.9.